The Labute approximate surface area is 125 Å². The molecule has 0 spiro atoms. The predicted octanol–water partition coefficient (Wildman–Crippen LogP) is 2.10. The van der Waals surface area contributed by atoms with Crippen LogP contribution in [0.1, 0.15) is 23.3 Å². The third-order valence-electron chi connectivity index (χ3n) is 3.27. The van der Waals surface area contributed by atoms with Crippen LogP contribution >= 0.6 is 11.3 Å². The second-order valence-electron chi connectivity index (χ2n) is 4.69. The predicted molar refractivity (Wildman–Crippen MR) is 82.5 cm³/mol. The third kappa shape index (κ3) is 2.73. The SMILES string of the molecule is Nc1nc(C(=O)Nc2ccccc2N2CCCC2=O)cs1. The fourth-order valence-electron chi connectivity index (χ4n) is 2.30. The number of carbonyl (C=O) groups is 2. The van der Waals surface area contributed by atoms with Crippen molar-refractivity contribution in [2.24, 2.45) is 0 Å². The highest BCUT2D eigenvalue weighted by atomic mass is 32.1. The zero-order valence-electron chi connectivity index (χ0n) is 11.2. The van der Waals surface area contributed by atoms with E-state index in [-0.39, 0.29) is 17.5 Å². The van der Waals surface area contributed by atoms with Crippen molar-refractivity contribution in [1.82, 2.24) is 4.98 Å². The number of nitrogen functional groups attached to an aromatic ring is 1. The first-order valence-electron chi connectivity index (χ1n) is 6.57. The average Bonchev–Trinajstić information content (AvgIpc) is 3.08. The smallest absolute Gasteiger partial charge is 0.275 e. The number of nitrogens with zero attached hydrogens (tertiary/aromatic N) is 2. The van der Waals surface area contributed by atoms with Gasteiger partial charge in [-0.05, 0) is 18.6 Å². The summed E-state index contributed by atoms with van der Waals surface area (Å²) < 4.78 is 0. The van der Waals surface area contributed by atoms with E-state index in [1.165, 1.54) is 11.3 Å². The van der Waals surface area contributed by atoms with Crippen LogP contribution in [-0.4, -0.2) is 23.3 Å². The summed E-state index contributed by atoms with van der Waals surface area (Å²) in [5.41, 5.74) is 7.13. The largest absolute Gasteiger partial charge is 0.375 e. The van der Waals surface area contributed by atoms with Crippen LogP contribution in [0.5, 0.6) is 0 Å². The van der Waals surface area contributed by atoms with E-state index >= 15 is 0 Å². The topological polar surface area (TPSA) is 88.3 Å². The highest BCUT2D eigenvalue weighted by Gasteiger charge is 2.24. The van der Waals surface area contributed by atoms with Crippen molar-refractivity contribution in [2.45, 2.75) is 12.8 Å². The van der Waals surface area contributed by atoms with Gasteiger partial charge in [0.1, 0.15) is 5.69 Å². The van der Waals surface area contributed by atoms with Gasteiger partial charge in [-0.25, -0.2) is 4.98 Å². The van der Waals surface area contributed by atoms with Gasteiger partial charge in [0.2, 0.25) is 5.91 Å². The molecule has 2 heterocycles. The number of thiazole rings is 1. The van der Waals surface area contributed by atoms with Crippen molar-refractivity contribution in [2.75, 3.05) is 22.5 Å². The number of hydrogen-bond acceptors (Lipinski definition) is 5. The monoisotopic (exact) mass is 302 g/mol. The normalized spacial score (nSPS) is 14.5. The molecule has 108 valence electrons. The van der Waals surface area contributed by atoms with Crippen LogP contribution in [-0.2, 0) is 4.79 Å². The first kappa shape index (κ1) is 13.6. The van der Waals surface area contributed by atoms with Crippen molar-refractivity contribution in [3.63, 3.8) is 0 Å². The van der Waals surface area contributed by atoms with Gasteiger partial charge in [-0.1, -0.05) is 12.1 Å². The molecule has 3 rings (SSSR count). The zero-order chi connectivity index (χ0) is 14.8. The van der Waals surface area contributed by atoms with Crippen molar-refractivity contribution < 1.29 is 9.59 Å². The summed E-state index contributed by atoms with van der Waals surface area (Å²) in [5, 5.41) is 4.75. The minimum atomic E-state index is -0.331. The number of anilines is 3. The maximum absolute atomic E-state index is 12.2. The number of para-hydroxylation sites is 2. The zero-order valence-corrected chi connectivity index (χ0v) is 12.0. The molecule has 0 atom stereocenters. The van der Waals surface area contributed by atoms with Crippen molar-refractivity contribution in [3.05, 3.63) is 35.3 Å². The van der Waals surface area contributed by atoms with E-state index in [0.717, 1.165) is 12.1 Å². The molecule has 0 radical (unpaired) electrons. The molecule has 0 bridgehead atoms. The molecule has 1 aromatic carbocycles. The molecular weight excluding hydrogens is 288 g/mol. The molecule has 1 aliphatic heterocycles. The van der Waals surface area contributed by atoms with Crippen molar-refractivity contribution in [3.8, 4) is 0 Å². The summed E-state index contributed by atoms with van der Waals surface area (Å²) in [6, 6.07) is 7.26. The Morgan fingerprint density at radius 3 is 2.86 bits per heavy atom. The van der Waals surface area contributed by atoms with E-state index < -0.39 is 0 Å². The van der Waals surface area contributed by atoms with E-state index in [9.17, 15) is 9.59 Å². The summed E-state index contributed by atoms with van der Waals surface area (Å²) in [6.45, 7) is 0.676. The van der Waals surface area contributed by atoms with Crippen LogP contribution in [0.25, 0.3) is 0 Å². The Bertz CT molecular complexity index is 698. The number of nitrogens with two attached hydrogens (primary N) is 1. The molecule has 0 aliphatic carbocycles. The second-order valence-corrected chi connectivity index (χ2v) is 5.58. The standard InChI is InChI=1S/C14H14N4O2S/c15-14-17-10(8-21-14)13(20)16-9-4-1-2-5-11(9)18-7-3-6-12(18)19/h1-2,4-5,8H,3,6-7H2,(H2,15,17)(H,16,20). The number of amides is 2. The minimum absolute atomic E-state index is 0.0783. The summed E-state index contributed by atoms with van der Waals surface area (Å²) in [5.74, 6) is -0.253. The van der Waals surface area contributed by atoms with Gasteiger partial charge >= 0.3 is 0 Å². The maximum atomic E-state index is 12.2. The molecule has 0 saturated carbocycles. The van der Waals surface area contributed by atoms with E-state index in [1.807, 2.05) is 18.2 Å². The lowest BCUT2D eigenvalue weighted by atomic mass is 10.2. The quantitative estimate of drug-likeness (QED) is 0.908. The fraction of sp³-hybridized carbons (Fsp3) is 0.214. The molecule has 2 aromatic rings. The lowest BCUT2D eigenvalue weighted by molar-refractivity contribution is -0.117. The van der Waals surface area contributed by atoms with Gasteiger partial charge in [-0.15, -0.1) is 11.3 Å². The van der Waals surface area contributed by atoms with Crippen LogP contribution in [0.2, 0.25) is 0 Å². The first-order valence-corrected chi connectivity index (χ1v) is 7.45. The lowest BCUT2D eigenvalue weighted by Gasteiger charge is -2.19. The Balaban J connectivity index is 1.85. The molecule has 6 nitrogen and oxygen atoms in total. The highest BCUT2D eigenvalue weighted by Crippen LogP contribution is 2.29. The van der Waals surface area contributed by atoms with E-state index in [2.05, 4.69) is 10.3 Å². The molecule has 1 aliphatic rings. The Hall–Kier alpha value is -2.41. The van der Waals surface area contributed by atoms with Crippen LogP contribution in [0.4, 0.5) is 16.5 Å². The van der Waals surface area contributed by atoms with Gasteiger partial charge in [0.15, 0.2) is 5.13 Å². The highest BCUT2D eigenvalue weighted by molar-refractivity contribution is 7.13. The maximum Gasteiger partial charge on any atom is 0.275 e. The molecule has 21 heavy (non-hydrogen) atoms. The minimum Gasteiger partial charge on any atom is -0.375 e. The number of hydrogen-bond donors (Lipinski definition) is 2. The molecular formula is C14H14N4O2S. The number of benzene rings is 1. The molecule has 1 fully saturated rings. The lowest BCUT2D eigenvalue weighted by Crippen LogP contribution is -2.25. The summed E-state index contributed by atoms with van der Waals surface area (Å²) in [7, 11) is 0. The van der Waals surface area contributed by atoms with Gasteiger partial charge in [0.25, 0.3) is 5.91 Å². The fourth-order valence-corrected chi connectivity index (χ4v) is 2.84. The van der Waals surface area contributed by atoms with Gasteiger partial charge in [-0.2, -0.15) is 0 Å². The Morgan fingerprint density at radius 1 is 1.38 bits per heavy atom. The average molecular weight is 302 g/mol. The summed E-state index contributed by atoms with van der Waals surface area (Å²) in [4.78, 5) is 29.7. The second kappa shape index (κ2) is 5.53. The molecule has 3 N–H and O–H groups in total. The van der Waals surface area contributed by atoms with E-state index in [0.29, 0.717) is 23.8 Å². The van der Waals surface area contributed by atoms with E-state index in [4.69, 9.17) is 5.73 Å². The number of rotatable bonds is 3. The molecule has 2 amide bonds. The summed E-state index contributed by atoms with van der Waals surface area (Å²) >= 11 is 1.21. The van der Waals surface area contributed by atoms with Gasteiger partial charge in [-0.3, -0.25) is 9.59 Å². The van der Waals surface area contributed by atoms with E-state index in [1.54, 1.807) is 16.3 Å². The number of aromatic nitrogens is 1. The molecule has 7 heteroatoms. The van der Waals surface area contributed by atoms with Crippen LogP contribution in [0, 0.1) is 0 Å². The van der Waals surface area contributed by atoms with Gasteiger partial charge in [0, 0.05) is 18.3 Å². The first-order chi connectivity index (χ1) is 10.1. The molecule has 0 unspecified atom stereocenters. The number of carbonyl (C=O) groups excluding carboxylic acids is 2. The van der Waals surface area contributed by atoms with Gasteiger partial charge in [0.05, 0.1) is 11.4 Å². The molecule has 1 aromatic heterocycles. The van der Waals surface area contributed by atoms with Crippen LogP contribution in [0.3, 0.4) is 0 Å². The van der Waals surface area contributed by atoms with Crippen LogP contribution < -0.4 is 16.0 Å². The number of nitrogens with one attached hydrogen (secondary N) is 1. The Morgan fingerprint density at radius 2 is 2.19 bits per heavy atom. The third-order valence-corrected chi connectivity index (χ3v) is 3.94. The summed E-state index contributed by atoms with van der Waals surface area (Å²) in [6.07, 6.45) is 1.38. The molecule has 1 saturated heterocycles. The van der Waals surface area contributed by atoms with Gasteiger partial charge < -0.3 is 16.0 Å². The van der Waals surface area contributed by atoms with Crippen molar-refractivity contribution in [1.29, 1.82) is 0 Å². The van der Waals surface area contributed by atoms with Crippen molar-refractivity contribution >= 4 is 39.7 Å². The Kier molecular flexibility index (Phi) is 3.57. The van der Waals surface area contributed by atoms with Crippen LogP contribution in [0.15, 0.2) is 29.6 Å².